The van der Waals surface area contributed by atoms with Crippen LogP contribution in [0.1, 0.15) is 149 Å². The lowest BCUT2D eigenvalue weighted by molar-refractivity contribution is -0.870. The molecule has 9 heteroatoms. The Morgan fingerprint density at radius 3 is 1.57 bits per heavy atom. The lowest BCUT2D eigenvalue weighted by atomic mass is 10.0. The Morgan fingerprint density at radius 2 is 1.10 bits per heavy atom. The number of carbonyl (C=O) groups excluding carboxylic acids is 1. The number of quaternary nitrogens is 1. The summed E-state index contributed by atoms with van der Waals surface area (Å²) in [5.74, 6) is -0.315. The summed E-state index contributed by atoms with van der Waals surface area (Å²) in [5.41, 5.74) is 0. The van der Waals surface area contributed by atoms with Crippen molar-refractivity contribution in [2.45, 2.75) is 155 Å². The van der Waals surface area contributed by atoms with Crippen LogP contribution in [0.4, 0.5) is 0 Å². The summed E-state index contributed by atoms with van der Waals surface area (Å²) in [6.45, 7) is 5.60. The molecule has 1 N–H and O–H groups in total. The highest BCUT2D eigenvalue weighted by atomic mass is 31.2. The first-order chi connectivity index (χ1) is 20.1. The van der Waals surface area contributed by atoms with Crippen LogP contribution >= 0.6 is 7.82 Å². The molecule has 0 saturated carbocycles. The van der Waals surface area contributed by atoms with Crippen molar-refractivity contribution in [2.75, 3.05) is 54.1 Å². The number of phosphoric ester groups is 1. The molecule has 0 saturated heterocycles. The van der Waals surface area contributed by atoms with Crippen molar-refractivity contribution in [1.29, 1.82) is 0 Å². The van der Waals surface area contributed by atoms with Gasteiger partial charge >= 0.3 is 13.8 Å². The number of unbranched alkanes of at least 4 members (excludes halogenated alkanes) is 18. The Balaban J connectivity index is 4.31. The molecular weight excluding hydrogens is 553 g/mol. The Hall–Kier alpha value is -0.500. The maximum atomic E-state index is 12.5. The smallest absolute Gasteiger partial charge is 0.457 e. The minimum Gasteiger partial charge on any atom is -0.457 e. The number of rotatable bonds is 32. The van der Waals surface area contributed by atoms with Crippen molar-refractivity contribution in [2.24, 2.45) is 0 Å². The van der Waals surface area contributed by atoms with Crippen LogP contribution in [0.3, 0.4) is 0 Å². The molecule has 8 nitrogen and oxygen atoms in total. The molecule has 0 rings (SSSR count). The first-order valence-corrected chi connectivity index (χ1v) is 18.8. The van der Waals surface area contributed by atoms with Gasteiger partial charge in [0.05, 0.1) is 34.4 Å². The highest BCUT2D eigenvalue weighted by Crippen LogP contribution is 2.43. The van der Waals surface area contributed by atoms with Crippen molar-refractivity contribution in [3.8, 4) is 0 Å². The van der Waals surface area contributed by atoms with Crippen LogP contribution in [-0.4, -0.2) is 75.6 Å². The van der Waals surface area contributed by atoms with E-state index >= 15 is 0 Å². The summed E-state index contributed by atoms with van der Waals surface area (Å²) in [6.07, 6.45) is 24.1. The van der Waals surface area contributed by atoms with Gasteiger partial charge in [0.2, 0.25) is 0 Å². The first kappa shape index (κ1) is 41.5. The standard InChI is InChI=1S/C33H68NO7P/c1-6-8-10-12-14-16-17-18-19-20-22-24-26-33(35)41-32(30-38-28-25-23-21-15-13-11-9-7-2)31-40-42(36,37)39-29-27-34(3,4)5/h32H,6-31H2,1-5H3/p+1. The number of carbonyl (C=O) groups is 1. The van der Waals surface area contributed by atoms with E-state index in [1.165, 1.54) is 96.3 Å². The van der Waals surface area contributed by atoms with Crippen LogP contribution in [0.25, 0.3) is 0 Å². The Bertz CT molecular complexity index is 657. The van der Waals surface area contributed by atoms with Gasteiger partial charge in [-0.1, -0.05) is 129 Å². The molecule has 0 bridgehead atoms. The van der Waals surface area contributed by atoms with Gasteiger partial charge in [0.1, 0.15) is 19.3 Å². The van der Waals surface area contributed by atoms with Crippen LogP contribution in [0.2, 0.25) is 0 Å². The van der Waals surface area contributed by atoms with E-state index in [1.807, 2.05) is 21.1 Å². The van der Waals surface area contributed by atoms with Gasteiger partial charge in [-0.05, 0) is 12.8 Å². The second-order valence-electron chi connectivity index (χ2n) is 12.9. The molecule has 0 aromatic rings. The van der Waals surface area contributed by atoms with Crippen molar-refractivity contribution in [3.05, 3.63) is 0 Å². The Morgan fingerprint density at radius 1 is 0.643 bits per heavy atom. The van der Waals surface area contributed by atoms with Crippen molar-refractivity contribution in [1.82, 2.24) is 0 Å². The van der Waals surface area contributed by atoms with E-state index in [9.17, 15) is 14.3 Å². The average molecular weight is 623 g/mol. The van der Waals surface area contributed by atoms with E-state index in [1.54, 1.807) is 0 Å². The monoisotopic (exact) mass is 622 g/mol. The normalized spacial score (nSPS) is 14.1. The number of hydrogen-bond acceptors (Lipinski definition) is 6. The Kier molecular flexibility index (Phi) is 27.7. The summed E-state index contributed by atoms with van der Waals surface area (Å²) >= 11 is 0. The zero-order valence-electron chi connectivity index (χ0n) is 28.3. The van der Waals surface area contributed by atoms with E-state index in [2.05, 4.69) is 13.8 Å². The number of nitrogens with zero attached hydrogens (tertiary/aromatic N) is 1. The summed E-state index contributed by atoms with van der Waals surface area (Å²) < 4.78 is 34.6. The van der Waals surface area contributed by atoms with Gasteiger partial charge in [0, 0.05) is 13.0 Å². The molecule has 0 aliphatic heterocycles. The number of ether oxygens (including phenoxy) is 2. The van der Waals surface area contributed by atoms with Gasteiger partial charge in [0.15, 0.2) is 0 Å². The van der Waals surface area contributed by atoms with Crippen LogP contribution in [0.15, 0.2) is 0 Å². The van der Waals surface area contributed by atoms with Gasteiger partial charge in [-0.2, -0.15) is 0 Å². The molecule has 0 fully saturated rings. The highest BCUT2D eigenvalue weighted by Gasteiger charge is 2.26. The molecular formula is C33H69NO7P+. The molecule has 0 aromatic heterocycles. The molecule has 0 aliphatic rings. The maximum Gasteiger partial charge on any atom is 0.472 e. The quantitative estimate of drug-likeness (QED) is 0.0346. The third-order valence-corrected chi connectivity index (χ3v) is 8.40. The molecule has 0 heterocycles. The molecule has 0 aliphatic carbocycles. The predicted molar refractivity (Wildman–Crippen MR) is 174 cm³/mol. The van der Waals surface area contributed by atoms with E-state index in [0.717, 1.165) is 32.1 Å². The maximum absolute atomic E-state index is 12.5. The third-order valence-electron chi connectivity index (χ3n) is 7.42. The van der Waals surface area contributed by atoms with E-state index in [4.69, 9.17) is 18.5 Å². The second-order valence-corrected chi connectivity index (χ2v) is 14.4. The zero-order chi connectivity index (χ0) is 31.4. The van der Waals surface area contributed by atoms with E-state index in [0.29, 0.717) is 24.1 Å². The van der Waals surface area contributed by atoms with Gasteiger partial charge < -0.3 is 18.9 Å². The number of likely N-dealkylation sites (N-methyl/N-ethyl adjacent to an activating group) is 1. The summed E-state index contributed by atoms with van der Waals surface area (Å²) in [7, 11) is 1.68. The number of phosphoric acid groups is 1. The Labute approximate surface area is 259 Å². The average Bonchev–Trinajstić information content (AvgIpc) is 2.92. The van der Waals surface area contributed by atoms with Gasteiger partial charge in [-0.15, -0.1) is 0 Å². The zero-order valence-corrected chi connectivity index (χ0v) is 29.1. The molecule has 0 amide bonds. The van der Waals surface area contributed by atoms with Crippen LogP contribution < -0.4 is 0 Å². The van der Waals surface area contributed by atoms with Crippen molar-refractivity contribution in [3.63, 3.8) is 0 Å². The molecule has 2 unspecified atom stereocenters. The van der Waals surface area contributed by atoms with E-state index < -0.39 is 13.9 Å². The lowest BCUT2D eigenvalue weighted by Gasteiger charge is -2.24. The fourth-order valence-corrected chi connectivity index (χ4v) is 5.41. The number of esters is 1. The van der Waals surface area contributed by atoms with Gasteiger partial charge in [0.25, 0.3) is 0 Å². The fraction of sp³-hybridized carbons (Fsp3) is 0.970. The topological polar surface area (TPSA) is 91.3 Å². The predicted octanol–water partition coefficient (Wildman–Crippen LogP) is 8.99. The molecule has 2 atom stereocenters. The second kappa shape index (κ2) is 28.0. The molecule has 252 valence electrons. The minimum absolute atomic E-state index is 0.0929. The number of hydrogen-bond donors (Lipinski definition) is 1. The van der Waals surface area contributed by atoms with E-state index in [-0.39, 0.29) is 25.8 Å². The summed E-state index contributed by atoms with van der Waals surface area (Å²) in [5, 5.41) is 0. The van der Waals surface area contributed by atoms with Crippen molar-refractivity contribution >= 4 is 13.8 Å². The molecule has 42 heavy (non-hydrogen) atoms. The lowest BCUT2D eigenvalue weighted by Crippen LogP contribution is -2.37. The minimum atomic E-state index is -4.25. The molecule has 0 spiro atoms. The van der Waals surface area contributed by atoms with Gasteiger partial charge in [-0.3, -0.25) is 13.8 Å². The SMILES string of the molecule is CCCCCCCCCCCCCCC(=O)OC(COCCCCCCCCCC)COP(=O)(O)OCC[N+](C)(C)C. The van der Waals surface area contributed by atoms with Crippen molar-refractivity contribution < 1.29 is 37.3 Å². The largest absolute Gasteiger partial charge is 0.472 e. The van der Waals surface area contributed by atoms with Crippen LogP contribution in [0, 0.1) is 0 Å². The van der Waals surface area contributed by atoms with Crippen LogP contribution in [-0.2, 0) is 27.9 Å². The van der Waals surface area contributed by atoms with Crippen LogP contribution in [0.5, 0.6) is 0 Å². The summed E-state index contributed by atoms with van der Waals surface area (Å²) in [4.78, 5) is 22.6. The molecule has 0 radical (unpaired) electrons. The first-order valence-electron chi connectivity index (χ1n) is 17.3. The third kappa shape index (κ3) is 30.9. The van der Waals surface area contributed by atoms with Gasteiger partial charge in [-0.25, -0.2) is 4.57 Å². The highest BCUT2D eigenvalue weighted by molar-refractivity contribution is 7.47. The fourth-order valence-electron chi connectivity index (χ4n) is 4.67. The summed E-state index contributed by atoms with van der Waals surface area (Å²) in [6, 6.07) is 0. The molecule has 0 aromatic carbocycles.